The van der Waals surface area contributed by atoms with Crippen LogP contribution in [0.15, 0.2) is 42.6 Å². The van der Waals surface area contributed by atoms with Gasteiger partial charge in [-0.25, -0.2) is 0 Å². The molecule has 0 saturated carbocycles. The van der Waals surface area contributed by atoms with Crippen molar-refractivity contribution in [1.29, 1.82) is 0 Å². The van der Waals surface area contributed by atoms with E-state index in [0.29, 0.717) is 6.54 Å². The Hall–Kier alpha value is -2.27. The van der Waals surface area contributed by atoms with Gasteiger partial charge in [0.2, 0.25) is 5.91 Å². The van der Waals surface area contributed by atoms with E-state index < -0.39 is 0 Å². The summed E-state index contributed by atoms with van der Waals surface area (Å²) >= 11 is 0. The summed E-state index contributed by atoms with van der Waals surface area (Å²) in [6.45, 7) is 1.50. The molecule has 0 aliphatic carbocycles. The van der Waals surface area contributed by atoms with Crippen molar-refractivity contribution in [2.45, 2.75) is 12.6 Å². The number of methoxy groups -OCH3 is 1. The van der Waals surface area contributed by atoms with Crippen LogP contribution < -0.4 is 10.5 Å². The molecule has 2 heterocycles. The third-order valence-electron chi connectivity index (χ3n) is 3.94. The lowest BCUT2D eigenvalue weighted by molar-refractivity contribution is -0.132. The van der Waals surface area contributed by atoms with E-state index in [2.05, 4.69) is 10.6 Å². The Morgan fingerprint density at radius 1 is 1.33 bits per heavy atom. The normalized spacial score (nSPS) is 17.4. The van der Waals surface area contributed by atoms with Crippen molar-refractivity contribution >= 4 is 5.91 Å². The van der Waals surface area contributed by atoms with Crippen molar-refractivity contribution in [2.24, 2.45) is 5.73 Å². The van der Waals surface area contributed by atoms with Crippen LogP contribution in [0.2, 0.25) is 0 Å². The number of rotatable bonds is 3. The van der Waals surface area contributed by atoms with Gasteiger partial charge in [0.1, 0.15) is 5.75 Å². The molecule has 110 valence electrons. The summed E-state index contributed by atoms with van der Waals surface area (Å²) in [4.78, 5) is 14.0. The maximum atomic E-state index is 12.2. The van der Waals surface area contributed by atoms with Crippen LogP contribution in [0.1, 0.15) is 17.3 Å². The molecule has 2 aromatic rings. The molecule has 5 nitrogen and oxygen atoms in total. The van der Waals surface area contributed by atoms with Gasteiger partial charge in [-0.3, -0.25) is 4.79 Å². The first kappa shape index (κ1) is 13.7. The lowest BCUT2D eigenvalue weighted by Gasteiger charge is -2.37. The Kier molecular flexibility index (Phi) is 3.66. The minimum Gasteiger partial charge on any atom is -0.497 e. The maximum Gasteiger partial charge on any atom is 0.237 e. The number of carbonyl (C=O) groups excluding carboxylic acids is 1. The van der Waals surface area contributed by atoms with Gasteiger partial charge < -0.3 is 19.9 Å². The first-order valence-corrected chi connectivity index (χ1v) is 7.03. The number of hydrogen-bond acceptors (Lipinski definition) is 3. The van der Waals surface area contributed by atoms with Crippen molar-refractivity contribution in [3.63, 3.8) is 0 Å². The van der Waals surface area contributed by atoms with Crippen LogP contribution in [0.3, 0.4) is 0 Å². The van der Waals surface area contributed by atoms with E-state index in [1.54, 1.807) is 7.11 Å². The second-order valence-electron chi connectivity index (χ2n) is 5.10. The minimum atomic E-state index is -0.111. The largest absolute Gasteiger partial charge is 0.497 e. The van der Waals surface area contributed by atoms with Gasteiger partial charge in [0, 0.05) is 25.0 Å². The summed E-state index contributed by atoms with van der Waals surface area (Å²) < 4.78 is 7.49. The van der Waals surface area contributed by atoms with E-state index in [1.807, 2.05) is 41.4 Å². The molecule has 0 fully saturated rings. The predicted octanol–water partition coefficient (Wildman–Crippen LogP) is 1.39. The van der Waals surface area contributed by atoms with E-state index in [4.69, 9.17) is 10.5 Å². The van der Waals surface area contributed by atoms with Gasteiger partial charge in [-0.1, -0.05) is 12.1 Å². The van der Waals surface area contributed by atoms with Crippen molar-refractivity contribution in [1.82, 2.24) is 9.47 Å². The van der Waals surface area contributed by atoms with Crippen LogP contribution in [0.5, 0.6) is 5.75 Å². The van der Waals surface area contributed by atoms with E-state index in [9.17, 15) is 4.79 Å². The Bertz CT molecular complexity index is 650. The minimum absolute atomic E-state index is 0.0289. The number of ether oxygens (including phenoxy) is 1. The fraction of sp³-hybridized carbons (Fsp3) is 0.312. The first-order chi connectivity index (χ1) is 10.2. The Labute approximate surface area is 123 Å². The summed E-state index contributed by atoms with van der Waals surface area (Å²) in [5.41, 5.74) is 7.72. The highest BCUT2D eigenvalue weighted by molar-refractivity contribution is 5.79. The molecule has 5 heteroatoms. The number of hydrogen-bond donors (Lipinski definition) is 1. The molecule has 0 spiro atoms. The smallest absolute Gasteiger partial charge is 0.237 e. The highest BCUT2D eigenvalue weighted by Gasteiger charge is 2.31. The quantitative estimate of drug-likeness (QED) is 0.927. The maximum absolute atomic E-state index is 12.2. The zero-order chi connectivity index (χ0) is 14.8. The number of fused-ring (bicyclic) bond motifs is 1. The number of carbonyl (C=O) groups is 1. The molecule has 0 saturated heterocycles. The van der Waals surface area contributed by atoms with Gasteiger partial charge in [-0.2, -0.15) is 0 Å². The van der Waals surface area contributed by atoms with Crippen molar-refractivity contribution in [3.8, 4) is 5.75 Å². The second-order valence-corrected chi connectivity index (χ2v) is 5.10. The molecule has 21 heavy (non-hydrogen) atoms. The fourth-order valence-corrected chi connectivity index (χ4v) is 2.93. The fourth-order valence-electron chi connectivity index (χ4n) is 2.93. The summed E-state index contributed by atoms with van der Waals surface area (Å²) in [7, 11) is 1.64. The summed E-state index contributed by atoms with van der Waals surface area (Å²) in [5, 5.41) is 0. The van der Waals surface area contributed by atoms with Gasteiger partial charge in [-0.05, 0) is 29.8 Å². The van der Waals surface area contributed by atoms with Gasteiger partial charge in [-0.15, -0.1) is 0 Å². The summed E-state index contributed by atoms with van der Waals surface area (Å²) in [6, 6.07) is 11.8. The van der Waals surface area contributed by atoms with Crippen LogP contribution in [0, 0.1) is 0 Å². The Balaban J connectivity index is 2.07. The average Bonchev–Trinajstić information content (AvgIpc) is 3.01. The monoisotopic (exact) mass is 285 g/mol. The lowest BCUT2D eigenvalue weighted by Crippen LogP contribution is -2.44. The molecule has 1 amide bonds. The zero-order valence-corrected chi connectivity index (χ0v) is 12.0. The van der Waals surface area contributed by atoms with Crippen LogP contribution in [0.4, 0.5) is 0 Å². The van der Waals surface area contributed by atoms with Gasteiger partial charge in [0.15, 0.2) is 0 Å². The third-order valence-corrected chi connectivity index (χ3v) is 3.94. The zero-order valence-electron chi connectivity index (χ0n) is 12.0. The van der Waals surface area contributed by atoms with Crippen molar-refractivity contribution < 1.29 is 9.53 Å². The van der Waals surface area contributed by atoms with E-state index in [-0.39, 0.29) is 18.5 Å². The molecular weight excluding hydrogens is 266 g/mol. The number of aromatic nitrogens is 1. The third kappa shape index (κ3) is 2.40. The first-order valence-electron chi connectivity index (χ1n) is 7.03. The molecule has 0 bridgehead atoms. The van der Waals surface area contributed by atoms with Gasteiger partial charge in [0.05, 0.1) is 19.7 Å². The van der Waals surface area contributed by atoms with Crippen LogP contribution in [0.25, 0.3) is 0 Å². The highest BCUT2D eigenvalue weighted by atomic mass is 16.5. The SMILES string of the molecule is COc1cccc([C@H]2c3cccn3CCN2C(=O)CN)c1. The van der Waals surface area contributed by atoms with Crippen molar-refractivity contribution in [3.05, 3.63) is 53.9 Å². The number of benzene rings is 1. The van der Waals surface area contributed by atoms with E-state index in [1.165, 1.54) is 0 Å². The highest BCUT2D eigenvalue weighted by Crippen LogP contribution is 2.33. The second kappa shape index (κ2) is 5.61. The number of nitrogens with two attached hydrogens (primary N) is 1. The van der Waals surface area contributed by atoms with Crippen LogP contribution >= 0.6 is 0 Å². The van der Waals surface area contributed by atoms with Gasteiger partial charge >= 0.3 is 0 Å². The average molecular weight is 285 g/mol. The molecule has 3 rings (SSSR count). The van der Waals surface area contributed by atoms with Crippen molar-refractivity contribution in [2.75, 3.05) is 20.2 Å². The Morgan fingerprint density at radius 3 is 2.95 bits per heavy atom. The van der Waals surface area contributed by atoms with Gasteiger partial charge in [0.25, 0.3) is 0 Å². The molecule has 0 radical (unpaired) electrons. The molecule has 1 atom stereocenters. The molecule has 1 aromatic heterocycles. The molecular formula is C16H19N3O2. The Morgan fingerprint density at radius 2 is 2.19 bits per heavy atom. The van der Waals surface area contributed by atoms with E-state index >= 15 is 0 Å². The predicted molar refractivity (Wildman–Crippen MR) is 80.0 cm³/mol. The lowest BCUT2D eigenvalue weighted by atomic mass is 9.99. The number of amides is 1. The molecule has 1 aliphatic heterocycles. The van der Waals surface area contributed by atoms with E-state index in [0.717, 1.165) is 23.6 Å². The standard InChI is InChI=1S/C16H19N3O2/c1-21-13-5-2-4-12(10-13)16-14-6-3-7-18(14)8-9-19(16)15(20)11-17/h2-7,10,16H,8-9,11,17H2,1H3/t16-/m0/s1. The summed E-state index contributed by atoms with van der Waals surface area (Å²) in [5.74, 6) is 0.756. The van der Waals surface area contributed by atoms with Crippen LogP contribution in [-0.4, -0.2) is 35.6 Å². The molecule has 1 aliphatic rings. The molecule has 1 aromatic carbocycles. The molecule has 2 N–H and O–H groups in total. The molecule has 0 unspecified atom stereocenters. The number of nitrogens with zero attached hydrogens (tertiary/aromatic N) is 2. The topological polar surface area (TPSA) is 60.5 Å². The van der Waals surface area contributed by atoms with Crippen LogP contribution in [-0.2, 0) is 11.3 Å². The summed E-state index contributed by atoms with van der Waals surface area (Å²) in [6.07, 6.45) is 2.05.